The molecule has 0 bridgehead atoms. The molecular formula is C12H12FNO2S. The maximum Gasteiger partial charge on any atom is 0.175 e. The summed E-state index contributed by atoms with van der Waals surface area (Å²) in [5, 5.41) is 9.11. The second kappa shape index (κ2) is 3.81. The number of benzene rings is 1. The zero-order valence-corrected chi connectivity index (χ0v) is 10.2. The lowest BCUT2D eigenvalue weighted by molar-refractivity contribution is 0.313. The maximum atomic E-state index is 13.9. The van der Waals surface area contributed by atoms with Gasteiger partial charge in [0, 0.05) is 11.8 Å². The van der Waals surface area contributed by atoms with Crippen LogP contribution < -0.4 is 0 Å². The maximum absolute atomic E-state index is 13.9. The van der Waals surface area contributed by atoms with E-state index in [1.165, 1.54) is 12.1 Å². The van der Waals surface area contributed by atoms with Gasteiger partial charge in [0.25, 0.3) is 0 Å². The van der Waals surface area contributed by atoms with Gasteiger partial charge in [0.2, 0.25) is 0 Å². The van der Waals surface area contributed by atoms with Crippen LogP contribution in [0.3, 0.4) is 0 Å². The van der Waals surface area contributed by atoms with Gasteiger partial charge in [-0.2, -0.15) is 5.26 Å². The van der Waals surface area contributed by atoms with Gasteiger partial charge in [0.05, 0.1) is 16.4 Å². The molecule has 0 heterocycles. The Labute approximate surface area is 99.8 Å². The highest BCUT2D eigenvalue weighted by Gasteiger charge is 2.41. The van der Waals surface area contributed by atoms with Crippen molar-refractivity contribution in [2.75, 3.05) is 6.26 Å². The van der Waals surface area contributed by atoms with Gasteiger partial charge >= 0.3 is 0 Å². The molecule has 1 aliphatic carbocycles. The lowest BCUT2D eigenvalue weighted by Gasteiger charge is -2.35. The molecular weight excluding hydrogens is 241 g/mol. The summed E-state index contributed by atoms with van der Waals surface area (Å²) in [5.74, 6) is -0.603. The first-order valence-corrected chi connectivity index (χ1v) is 7.19. The molecule has 0 radical (unpaired) electrons. The summed E-state index contributed by atoms with van der Waals surface area (Å²) in [7, 11) is -3.41. The van der Waals surface area contributed by atoms with Crippen molar-refractivity contribution in [3.05, 3.63) is 29.6 Å². The molecule has 5 heteroatoms. The van der Waals surface area contributed by atoms with Crippen molar-refractivity contribution in [2.45, 2.75) is 29.6 Å². The predicted molar refractivity (Wildman–Crippen MR) is 60.7 cm³/mol. The van der Waals surface area contributed by atoms with E-state index in [0.29, 0.717) is 18.4 Å². The molecule has 0 unspecified atom stereocenters. The number of sulfone groups is 1. The van der Waals surface area contributed by atoms with Crippen molar-refractivity contribution < 1.29 is 12.8 Å². The van der Waals surface area contributed by atoms with E-state index >= 15 is 0 Å². The van der Waals surface area contributed by atoms with E-state index in [4.69, 9.17) is 5.26 Å². The molecule has 0 aliphatic heterocycles. The van der Waals surface area contributed by atoms with Gasteiger partial charge in [-0.15, -0.1) is 0 Å². The zero-order valence-electron chi connectivity index (χ0n) is 9.40. The lowest BCUT2D eigenvalue weighted by atomic mass is 9.65. The van der Waals surface area contributed by atoms with Crippen LogP contribution in [-0.2, 0) is 15.3 Å². The molecule has 17 heavy (non-hydrogen) atoms. The summed E-state index contributed by atoms with van der Waals surface area (Å²) >= 11 is 0. The monoisotopic (exact) mass is 253 g/mol. The molecule has 0 saturated heterocycles. The fourth-order valence-electron chi connectivity index (χ4n) is 2.09. The smallest absolute Gasteiger partial charge is 0.175 e. The van der Waals surface area contributed by atoms with Gasteiger partial charge in [0.15, 0.2) is 9.84 Å². The molecule has 90 valence electrons. The molecule has 0 N–H and O–H groups in total. The predicted octanol–water partition coefficient (Wildman–Crippen LogP) is 2.17. The average Bonchev–Trinajstić information content (AvgIpc) is 2.17. The Balaban J connectivity index is 2.50. The van der Waals surface area contributed by atoms with E-state index in [-0.39, 0.29) is 4.90 Å². The third kappa shape index (κ3) is 1.93. The molecule has 1 saturated carbocycles. The number of hydrogen-bond donors (Lipinski definition) is 0. The van der Waals surface area contributed by atoms with Crippen LogP contribution in [0.5, 0.6) is 0 Å². The van der Waals surface area contributed by atoms with E-state index in [2.05, 4.69) is 6.07 Å². The summed E-state index contributed by atoms with van der Waals surface area (Å²) in [6.07, 6.45) is 3.21. The SMILES string of the molecule is CS(=O)(=O)c1ccc(C2(C#N)CCC2)c(F)c1. The molecule has 0 atom stereocenters. The second-order valence-electron chi connectivity index (χ2n) is 4.46. The highest BCUT2D eigenvalue weighted by molar-refractivity contribution is 7.90. The fourth-order valence-corrected chi connectivity index (χ4v) is 2.72. The van der Waals surface area contributed by atoms with E-state index in [0.717, 1.165) is 18.7 Å². The number of nitriles is 1. The molecule has 3 nitrogen and oxygen atoms in total. The Morgan fingerprint density at radius 1 is 1.41 bits per heavy atom. The zero-order chi connectivity index (χ0) is 12.7. The van der Waals surface area contributed by atoms with Gasteiger partial charge in [-0.3, -0.25) is 0 Å². The fraction of sp³-hybridized carbons (Fsp3) is 0.417. The van der Waals surface area contributed by atoms with Crippen molar-refractivity contribution in [3.8, 4) is 6.07 Å². The summed E-state index contributed by atoms with van der Waals surface area (Å²) in [5.41, 5.74) is -0.432. The summed E-state index contributed by atoms with van der Waals surface area (Å²) in [6.45, 7) is 0. The normalized spacial score (nSPS) is 18.2. The highest BCUT2D eigenvalue weighted by Crippen LogP contribution is 2.44. The van der Waals surface area contributed by atoms with Crippen LogP contribution in [0, 0.1) is 17.1 Å². The topological polar surface area (TPSA) is 57.9 Å². The minimum absolute atomic E-state index is 0.0498. The van der Waals surface area contributed by atoms with Crippen LogP contribution in [0.4, 0.5) is 4.39 Å². The van der Waals surface area contributed by atoms with Crippen molar-refractivity contribution in [1.82, 2.24) is 0 Å². The Morgan fingerprint density at radius 2 is 2.06 bits per heavy atom. The number of hydrogen-bond acceptors (Lipinski definition) is 3. The first kappa shape index (κ1) is 12.1. The van der Waals surface area contributed by atoms with Gasteiger partial charge in [-0.05, 0) is 31.4 Å². The number of nitrogens with zero attached hydrogens (tertiary/aromatic N) is 1. The summed E-state index contributed by atoms with van der Waals surface area (Å²) in [4.78, 5) is -0.0498. The van der Waals surface area contributed by atoms with Gasteiger partial charge in [-0.25, -0.2) is 12.8 Å². The standard InChI is InChI=1S/C12H12FNO2S/c1-17(15,16)9-3-4-10(11(13)7-9)12(8-14)5-2-6-12/h3-4,7H,2,5-6H2,1H3. The van der Waals surface area contributed by atoms with Crippen molar-refractivity contribution >= 4 is 9.84 Å². The highest BCUT2D eigenvalue weighted by atomic mass is 32.2. The van der Waals surface area contributed by atoms with Crippen LogP contribution in [0.25, 0.3) is 0 Å². The van der Waals surface area contributed by atoms with Gasteiger partial charge in [-0.1, -0.05) is 6.07 Å². The Morgan fingerprint density at radius 3 is 2.41 bits per heavy atom. The average molecular weight is 253 g/mol. The molecule has 0 amide bonds. The van der Waals surface area contributed by atoms with Crippen LogP contribution in [0.15, 0.2) is 23.1 Å². The summed E-state index contributed by atoms with van der Waals surface area (Å²) in [6, 6.07) is 5.93. The van der Waals surface area contributed by atoms with Crippen molar-refractivity contribution in [2.24, 2.45) is 0 Å². The third-order valence-electron chi connectivity index (χ3n) is 3.31. The molecule has 2 rings (SSSR count). The molecule has 1 aromatic carbocycles. The largest absolute Gasteiger partial charge is 0.224 e. The van der Waals surface area contributed by atoms with Crippen LogP contribution in [0.1, 0.15) is 24.8 Å². The van der Waals surface area contributed by atoms with Gasteiger partial charge in [0.1, 0.15) is 5.82 Å². The Kier molecular flexibility index (Phi) is 2.70. The van der Waals surface area contributed by atoms with Crippen LogP contribution >= 0.6 is 0 Å². The first-order valence-electron chi connectivity index (χ1n) is 5.30. The lowest BCUT2D eigenvalue weighted by Crippen LogP contribution is -2.33. The minimum Gasteiger partial charge on any atom is -0.224 e. The molecule has 1 aromatic rings. The van der Waals surface area contributed by atoms with Gasteiger partial charge < -0.3 is 0 Å². The molecule has 1 aliphatic rings. The molecule has 0 aromatic heterocycles. The number of halogens is 1. The van der Waals surface area contributed by atoms with Crippen LogP contribution in [-0.4, -0.2) is 14.7 Å². The summed E-state index contributed by atoms with van der Waals surface area (Å²) < 4.78 is 36.4. The van der Waals surface area contributed by atoms with E-state index < -0.39 is 21.1 Å². The minimum atomic E-state index is -3.41. The molecule has 1 fully saturated rings. The number of rotatable bonds is 2. The van der Waals surface area contributed by atoms with Crippen LogP contribution in [0.2, 0.25) is 0 Å². The van der Waals surface area contributed by atoms with E-state index in [9.17, 15) is 12.8 Å². The van der Waals surface area contributed by atoms with E-state index in [1.54, 1.807) is 0 Å². The Bertz CT molecular complexity index is 597. The Hall–Kier alpha value is -1.41. The van der Waals surface area contributed by atoms with Crippen molar-refractivity contribution in [1.29, 1.82) is 5.26 Å². The van der Waals surface area contributed by atoms with E-state index in [1.807, 2.05) is 0 Å². The molecule has 0 spiro atoms. The first-order chi connectivity index (χ1) is 7.89. The van der Waals surface area contributed by atoms with Crippen molar-refractivity contribution in [3.63, 3.8) is 0 Å². The quantitative estimate of drug-likeness (QED) is 0.811. The second-order valence-corrected chi connectivity index (χ2v) is 6.48. The third-order valence-corrected chi connectivity index (χ3v) is 4.42.